The zero-order chi connectivity index (χ0) is 25.2. The molecular formula is C27H16Br4N2O3. The van der Waals surface area contributed by atoms with Crippen molar-refractivity contribution in [3.63, 3.8) is 0 Å². The highest BCUT2D eigenvalue weighted by atomic mass is 79.9. The van der Waals surface area contributed by atoms with Crippen LogP contribution in [0.5, 0.6) is 5.75 Å². The molecule has 0 aliphatic carbocycles. The Bertz CT molecular complexity index is 1620. The van der Waals surface area contributed by atoms with Crippen LogP contribution in [0.2, 0.25) is 0 Å². The van der Waals surface area contributed by atoms with Gasteiger partial charge in [-0.3, -0.25) is 4.79 Å². The minimum Gasteiger partial charge on any atom is -0.487 e. The van der Waals surface area contributed by atoms with Crippen molar-refractivity contribution >= 4 is 97.6 Å². The van der Waals surface area contributed by atoms with Crippen LogP contribution >= 0.6 is 63.7 Å². The first-order chi connectivity index (χ1) is 17.4. The molecule has 36 heavy (non-hydrogen) atoms. The minimum atomic E-state index is -0.446. The van der Waals surface area contributed by atoms with Gasteiger partial charge in [0.1, 0.15) is 17.9 Å². The van der Waals surface area contributed by atoms with Crippen LogP contribution < -0.4 is 10.2 Å². The molecule has 5 rings (SSSR count). The van der Waals surface area contributed by atoms with E-state index >= 15 is 0 Å². The van der Waals surface area contributed by atoms with Crippen LogP contribution in [-0.4, -0.2) is 12.1 Å². The van der Waals surface area contributed by atoms with Crippen LogP contribution in [0.3, 0.4) is 0 Å². The Balaban J connectivity index is 1.27. The summed E-state index contributed by atoms with van der Waals surface area (Å²) < 4.78 is 15.0. The van der Waals surface area contributed by atoms with Gasteiger partial charge in [0.25, 0.3) is 0 Å². The summed E-state index contributed by atoms with van der Waals surface area (Å²) in [4.78, 5) is 12.5. The molecule has 1 amide bonds. The highest BCUT2D eigenvalue weighted by Gasteiger charge is 2.14. The first-order valence-corrected chi connectivity index (χ1v) is 13.9. The topological polar surface area (TPSA) is 63.8 Å². The molecule has 4 aromatic carbocycles. The van der Waals surface area contributed by atoms with Gasteiger partial charge in [0.15, 0.2) is 5.76 Å². The van der Waals surface area contributed by atoms with Gasteiger partial charge in [-0.05, 0) is 100 Å². The van der Waals surface area contributed by atoms with Crippen LogP contribution in [0.15, 0.2) is 100 Å². The summed E-state index contributed by atoms with van der Waals surface area (Å²) >= 11 is 14.0. The van der Waals surface area contributed by atoms with E-state index in [0.717, 1.165) is 39.8 Å². The summed E-state index contributed by atoms with van der Waals surface area (Å²) in [6, 6.07) is 23.6. The number of fused-ring (bicyclic) bond motifs is 2. The molecule has 0 saturated carbocycles. The number of hydrogen-bond acceptors (Lipinski definition) is 4. The lowest BCUT2D eigenvalue weighted by atomic mass is 10.1. The Hall–Kier alpha value is -2.46. The van der Waals surface area contributed by atoms with Crippen molar-refractivity contribution < 1.29 is 13.9 Å². The molecule has 9 heteroatoms. The molecule has 0 radical (unpaired) electrons. The fourth-order valence-electron chi connectivity index (χ4n) is 3.77. The molecular weight excluding hydrogens is 720 g/mol. The fraction of sp³-hybridized carbons (Fsp3) is 0.0370. The lowest BCUT2D eigenvalue weighted by Gasteiger charge is -2.13. The Morgan fingerprint density at radius 2 is 1.64 bits per heavy atom. The third-order valence-corrected chi connectivity index (χ3v) is 7.64. The number of amides is 1. The average molecular weight is 736 g/mol. The van der Waals surface area contributed by atoms with Crippen molar-refractivity contribution in [1.82, 2.24) is 5.43 Å². The zero-order valence-corrected chi connectivity index (χ0v) is 24.7. The maximum atomic E-state index is 12.5. The second kappa shape index (κ2) is 10.9. The maximum absolute atomic E-state index is 12.5. The fourth-order valence-corrected chi connectivity index (χ4v) is 6.56. The number of nitrogens with zero attached hydrogens (tertiary/aromatic N) is 1. The minimum absolute atomic E-state index is 0.167. The van der Waals surface area contributed by atoms with Gasteiger partial charge in [-0.1, -0.05) is 58.4 Å². The predicted molar refractivity (Wildman–Crippen MR) is 157 cm³/mol. The molecule has 0 unspecified atom stereocenters. The van der Waals surface area contributed by atoms with Gasteiger partial charge in [-0.15, -0.1) is 0 Å². The predicted octanol–water partition coefficient (Wildman–Crippen LogP) is 8.98. The van der Waals surface area contributed by atoms with Crippen molar-refractivity contribution in [2.45, 2.75) is 6.61 Å². The van der Waals surface area contributed by atoms with Gasteiger partial charge in [0, 0.05) is 9.86 Å². The molecule has 0 aliphatic rings. The van der Waals surface area contributed by atoms with E-state index in [4.69, 9.17) is 9.15 Å². The first-order valence-electron chi connectivity index (χ1n) is 10.7. The molecule has 0 aliphatic heterocycles. The van der Waals surface area contributed by atoms with Crippen LogP contribution in [0, 0.1) is 0 Å². The molecule has 180 valence electrons. The van der Waals surface area contributed by atoms with Gasteiger partial charge >= 0.3 is 5.91 Å². The molecule has 0 spiro atoms. The summed E-state index contributed by atoms with van der Waals surface area (Å²) in [5.74, 6) is 0.405. The molecule has 5 nitrogen and oxygen atoms in total. The van der Waals surface area contributed by atoms with E-state index in [1.165, 1.54) is 5.39 Å². The summed E-state index contributed by atoms with van der Waals surface area (Å²) in [5.41, 5.74) is 4.97. The normalized spacial score (nSPS) is 11.4. The number of furan rings is 1. The lowest BCUT2D eigenvalue weighted by molar-refractivity contribution is 0.0929. The molecule has 0 bridgehead atoms. The number of carbonyl (C=O) groups excluding carboxylic acids is 1. The van der Waals surface area contributed by atoms with Crippen molar-refractivity contribution in [2.75, 3.05) is 0 Å². The number of hydrazone groups is 1. The number of hydrogen-bond donors (Lipinski definition) is 1. The second-order valence-corrected chi connectivity index (χ2v) is 11.3. The molecule has 1 heterocycles. The summed E-state index contributed by atoms with van der Waals surface area (Å²) in [5, 5.41) is 7.22. The molecule has 1 aromatic heterocycles. The second-order valence-electron chi connectivity index (χ2n) is 7.86. The Labute approximate surface area is 240 Å². The summed E-state index contributed by atoms with van der Waals surface area (Å²) in [6.07, 6.45) is 1.55. The Morgan fingerprint density at radius 3 is 2.44 bits per heavy atom. The van der Waals surface area contributed by atoms with Crippen molar-refractivity contribution in [1.29, 1.82) is 0 Å². The van der Waals surface area contributed by atoms with Gasteiger partial charge in [0.2, 0.25) is 0 Å². The molecule has 0 saturated heterocycles. The standard InChI is InChI=1S/C27H16Br4N2O3/c28-19-10-18-11-24(36-25(18)23(31)12-19)27(34)33-32-13-15-8-21(29)26(22(30)9-15)35-14-17-6-3-5-16-4-1-2-7-20(16)17/h1-13H,14H2,(H,33,34)/b32-13-. The zero-order valence-electron chi connectivity index (χ0n) is 18.4. The monoisotopic (exact) mass is 732 g/mol. The van der Waals surface area contributed by atoms with E-state index in [0.29, 0.717) is 17.9 Å². The molecule has 1 N–H and O–H groups in total. The van der Waals surface area contributed by atoms with Gasteiger partial charge in [-0.2, -0.15) is 5.10 Å². The van der Waals surface area contributed by atoms with Crippen LogP contribution in [0.4, 0.5) is 0 Å². The summed E-state index contributed by atoms with van der Waals surface area (Å²) in [7, 11) is 0. The SMILES string of the molecule is O=C(N/N=C\c1cc(Br)c(OCc2cccc3ccccc23)c(Br)c1)c1cc2cc(Br)cc(Br)c2o1. The number of ether oxygens (including phenoxy) is 1. The third-order valence-electron chi connectivity index (χ3n) is 5.41. The highest BCUT2D eigenvalue weighted by Crippen LogP contribution is 2.35. The lowest BCUT2D eigenvalue weighted by Crippen LogP contribution is -2.16. The molecule has 0 atom stereocenters. The van der Waals surface area contributed by atoms with E-state index in [9.17, 15) is 4.79 Å². The quantitative estimate of drug-likeness (QED) is 0.140. The van der Waals surface area contributed by atoms with Crippen molar-refractivity contribution in [3.05, 3.63) is 108 Å². The highest BCUT2D eigenvalue weighted by molar-refractivity contribution is 9.11. The number of carbonyl (C=O) groups is 1. The van der Waals surface area contributed by atoms with Crippen LogP contribution in [-0.2, 0) is 6.61 Å². The Morgan fingerprint density at radius 1 is 0.889 bits per heavy atom. The number of benzene rings is 4. The first kappa shape index (κ1) is 25.2. The average Bonchev–Trinajstić information content (AvgIpc) is 3.28. The van der Waals surface area contributed by atoms with Crippen molar-refractivity contribution in [3.8, 4) is 5.75 Å². The van der Waals surface area contributed by atoms with Gasteiger partial charge in [-0.25, -0.2) is 5.43 Å². The van der Waals surface area contributed by atoms with E-state index in [1.807, 2.05) is 42.5 Å². The van der Waals surface area contributed by atoms with Gasteiger partial charge in [0.05, 0.1) is 19.6 Å². The van der Waals surface area contributed by atoms with E-state index in [1.54, 1.807) is 12.3 Å². The van der Waals surface area contributed by atoms with E-state index in [-0.39, 0.29) is 5.76 Å². The molecule has 0 fully saturated rings. The number of nitrogens with one attached hydrogen (secondary N) is 1. The van der Waals surface area contributed by atoms with Crippen LogP contribution in [0.1, 0.15) is 21.7 Å². The number of halogens is 4. The Kier molecular flexibility index (Phi) is 7.62. The largest absolute Gasteiger partial charge is 0.487 e. The smallest absolute Gasteiger partial charge is 0.307 e. The van der Waals surface area contributed by atoms with Crippen LogP contribution in [0.25, 0.3) is 21.7 Å². The maximum Gasteiger partial charge on any atom is 0.307 e. The van der Waals surface area contributed by atoms with Gasteiger partial charge < -0.3 is 9.15 Å². The van der Waals surface area contributed by atoms with E-state index in [2.05, 4.69) is 98.5 Å². The third kappa shape index (κ3) is 5.44. The van der Waals surface area contributed by atoms with E-state index < -0.39 is 5.91 Å². The van der Waals surface area contributed by atoms with Crippen molar-refractivity contribution in [2.24, 2.45) is 5.10 Å². The summed E-state index contributed by atoms with van der Waals surface area (Å²) in [6.45, 7) is 0.423. The number of rotatable bonds is 6. The molecule has 5 aromatic rings.